The van der Waals surface area contributed by atoms with Gasteiger partial charge >= 0.3 is 0 Å². The maximum Gasteiger partial charge on any atom is 0.170 e. The highest BCUT2D eigenvalue weighted by Crippen LogP contribution is 2.36. The summed E-state index contributed by atoms with van der Waals surface area (Å²) in [5.41, 5.74) is 0.252. The highest BCUT2D eigenvalue weighted by atomic mass is 19.1. The van der Waals surface area contributed by atoms with Crippen LogP contribution in [0.4, 0.5) is 4.39 Å². The van der Waals surface area contributed by atoms with Gasteiger partial charge in [-0.3, -0.25) is 0 Å². The van der Waals surface area contributed by atoms with Crippen LogP contribution in [0.3, 0.4) is 0 Å². The standard InChI is InChI=1S/C16H23FO3/c1-19-13-10-6-9-12(14(13)17)15(18)16(20-2)11-7-4-3-5-8-11/h6,9-11,15-16,18H,3-5,7-8H2,1-2H3. The molecule has 0 aliphatic heterocycles. The summed E-state index contributed by atoms with van der Waals surface area (Å²) in [5, 5.41) is 10.5. The zero-order chi connectivity index (χ0) is 14.5. The first-order valence-electron chi connectivity index (χ1n) is 7.22. The van der Waals surface area contributed by atoms with Crippen molar-refractivity contribution in [1.82, 2.24) is 0 Å². The van der Waals surface area contributed by atoms with Gasteiger partial charge in [0.05, 0.1) is 13.2 Å². The molecule has 1 fully saturated rings. The Morgan fingerprint density at radius 3 is 2.50 bits per heavy atom. The van der Waals surface area contributed by atoms with E-state index in [4.69, 9.17) is 9.47 Å². The number of halogens is 1. The molecule has 1 aromatic carbocycles. The number of hydrogen-bond acceptors (Lipinski definition) is 3. The van der Waals surface area contributed by atoms with Gasteiger partial charge in [-0.15, -0.1) is 0 Å². The van der Waals surface area contributed by atoms with Crippen molar-refractivity contribution in [2.45, 2.75) is 44.3 Å². The van der Waals surface area contributed by atoms with E-state index in [1.165, 1.54) is 13.5 Å². The molecule has 0 bridgehead atoms. The fourth-order valence-electron chi connectivity index (χ4n) is 3.13. The molecule has 1 N–H and O–H groups in total. The van der Waals surface area contributed by atoms with Crippen molar-refractivity contribution < 1.29 is 19.0 Å². The van der Waals surface area contributed by atoms with Gasteiger partial charge in [0, 0.05) is 12.7 Å². The molecule has 0 heterocycles. The highest BCUT2D eigenvalue weighted by molar-refractivity contribution is 5.33. The van der Waals surface area contributed by atoms with Crippen LogP contribution in [-0.2, 0) is 4.74 Å². The maximum absolute atomic E-state index is 14.2. The van der Waals surface area contributed by atoms with Crippen LogP contribution in [0, 0.1) is 11.7 Å². The smallest absolute Gasteiger partial charge is 0.170 e. The summed E-state index contributed by atoms with van der Waals surface area (Å²) in [6.45, 7) is 0. The van der Waals surface area contributed by atoms with Crippen LogP contribution in [0.1, 0.15) is 43.8 Å². The Labute approximate surface area is 119 Å². The number of methoxy groups -OCH3 is 2. The monoisotopic (exact) mass is 282 g/mol. The molecule has 112 valence electrons. The lowest BCUT2D eigenvalue weighted by atomic mass is 9.82. The quantitative estimate of drug-likeness (QED) is 0.899. The van der Waals surface area contributed by atoms with Gasteiger partial charge in [-0.2, -0.15) is 0 Å². The number of ether oxygens (including phenoxy) is 2. The normalized spacial score (nSPS) is 19.6. The minimum Gasteiger partial charge on any atom is -0.494 e. The minimum atomic E-state index is -0.960. The molecule has 0 aromatic heterocycles. The van der Waals surface area contributed by atoms with Crippen molar-refractivity contribution in [2.24, 2.45) is 5.92 Å². The van der Waals surface area contributed by atoms with Crippen molar-refractivity contribution in [3.05, 3.63) is 29.6 Å². The van der Waals surface area contributed by atoms with E-state index >= 15 is 0 Å². The number of hydrogen-bond donors (Lipinski definition) is 1. The molecule has 3 nitrogen and oxygen atoms in total. The van der Waals surface area contributed by atoms with Gasteiger partial charge in [-0.05, 0) is 24.8 Å². The van der Waals surface area contributed by atoms with Gasteiger partial charge in [0.1, 0.15) is 6.10 Å². The third-order valence-corrected chi connectivity index (χ3v) is 4.23. The van der Waals surface area contributed by atoms with Crippen LogP contribution in [0.15, 0.2) is 18.2 Å². The highest BCUT2D eigenvalue weighted by Gasteiger charge is 2.32. The van der Waals surface area contributed by atoms with Gasteiger partial charge in [0.2, 0.25) is 0 Å². The topological polar surface area (TPSA) is 38.7 Å². The first kappa shape index (κ1) is 15.3. The summed E-state index contributed by atoms with van der Waals surface area (Å²) >= 11 is 0. The van der Waals surface area contributed by atoms with Crippen molar-refractivity contribution in [3.8, 4) is 5.75 Å². The Hall–Kier alpha value is -1.13. The fraction of sp³-hybridized carbons (Fsp3) is 0.625. The van der Waals surface area contributed by atoms with Crippen molar-refractivity contribution in [1.29, 1.82) is 0 Å². The Balaban J connectivity index is 2.21. The molecule has 1 aromatic rings. The Morgan fingerprint density at radius 2 is 1.90 bits per heavy atom. The number of benzene rings is 1. The second-order valence-electron chi connectivity index (χ2n) is 5.41. The minimum absolute atomic E-state index is 0.153. The number of rotatable bonds is 5. The summed E-state index contributed by atoms with van der Waals surface area (Å²) < 4.78 is 24.7. The van der Waals surface area contributed by atoms with E-state index in [-0.39, 0.29) is 23.3 Å². The molecule has 2 unspecified atom stereocenters. The third-order valence-electron chi connectivity index (χ3n) is 4.23. The average molecular weight is 282 g/mol. The van der Waals surface area contributed by atoms with E-state index in [2.05, 4.69) is 0 Å². The third kappa shape index (κ3) is 3.13. The number of aliphatic hydroxyl groups is 1. The van der Waals surface area contributed by atoms with E-state index in [1.807, 2.05) is 0 Å². The molecule has 1 aliphatic rings. The summed E-state index contributed by atoms with van der Waals surface area (Å²) in [7, 11) is 3.00. The van der Waals surface area contributed by atoms with Crippen molar-refractivity contribution >= 4 is 0 Å². The number of aliphatic hydroxyl groups excluding tert-OH is 1. The summed E-state index contributed by atoms with van der Waals surface area (Å²) in [4.78, 5) is 0. The van der Waals surface area contributed by atoms with E-state index in [1.54, 1.807) is 25.3 Å². The SMILES string of the molecule is COc1cccc(C(O)C(OC)C2CCCCC2)c1F. The Bertz CT molecular complexity index is 430. The van der Waals surface area contributed by atoms with Crippen LogP contribution in [0.25, 0.3) is 0 Å². The lowest BCUT2D eigenvalue weighted by Gasteiger charge is -2.32. The van der Waals surface area contributed by atoms with Crippen LogP contribution in [0.2, 0.25) is 0 Å². The van der Waals surface area contributed by atoms with Gasteiger partial charge in [-0.25, -0.2) is 4.39 Å². The van der Waals surface area contributed by atoms with Crippen molar-refractivity contribution in [3.63, 3.8) is 0 Å². The van der Waals surface area contributed by atoms with Crippen LogP contribution in [-0.4, -0.2) is 25.4 Å². The second kappa shape index (κ2) is 7.04. The predicted octanol–water partition coefficient (Wildman–Crippen LogP) is 3.46. The zero-order valence-electron chi connectivity index (χ0n) is 12.1. The largest absolute Gasteiger partial charge is 0.494 e. The van der Waals surface area contributed by atoms with E-state index in [9.17, 15) is 9.50 Å². The van der Waals surface area contributed by atoms with Crippen molar-refractivity contribution in [2.75, 3.05) is 14.2 Å². The van der Waals surface area contributed by atoms with Gasteiger partial charge in [0.15, 0.2) is 11.6 Å². The van der Waals surface area contributed by atoms with E-state index in [0.717, 1.165) is 25.7 Å². The van der Waals surface area contributed by atoms with Gasteiger partial charge in [-0.1, -0.05) is 31.4 Å². The molecule has 0 radical (unpaired) electrons. The van der Waals surface area contributed by atoms with Gasteiger partial charge < -0.3 is 14.6 Å². The summed E-state index contributed by atoms with van der Waals surface area (Å²) in [5.74, 6) is -0.0604. The molecule has 4 heteroatoms. The molecule has 0 spiro atoms. The zero-order valence-corrected chi connectivity index (χ0v) is 12.1. The first-order valence-corrected chi connectivity index (χ1v) is 7.22. The summed E-state index contributed by atoms with van der Waals surface area (Å²) in [6, 6.07) is 4.83. The Morgan fingerprint density at radius 1 is 1.20 bits per heavy atom. The molecular formula is C16H23FO3. The molecule has 1 saturated carbocycles. The fourth-order valence-corrected chi connectivity index (χ4v) is 3.13. The van der Waals surface area contributed by atoms with E-state index < -0.39 is 11.9 Å². The maximum atomic E-state index is 14.2. The van der Waals surface area contributed by atoms with Crippen LogP contribution < -0.4 is 4.74 Å². The van der Waals surface area contributed by atoms with Crippen LogP contribution in [0.5, 0.6) is 5.75 Å². The van der Waals surface area contributed by atoms with Crippen LogP contribution >= 0.6 is 0 Å². The lowest BCUT2D eigenvalue weighted by Crippen LogP contribution is -2.31. The molecule has 0 saturated heterocycles. The average Bonchev–Trinajstić information content (AvgIpc) is 2.49. The van der Waals surface area contributed by atoms with Gasteiger partial charge in [0.25, 0.3) is 0 Å². The van der Waals surface area contributed by atoms with E-state index in [0.29, 0.717) is 0 Å². The molecule has 2 rings (SSSR count). The predicted molar refractivity (Wildman–Crippen MR) is 75.3 cm³/mol. The molecule has 1 aliphatic carbocycles. The molecular weight excluding hydrogens is 259 g/mol. The molecule has 2 atom stereocenters. The Kier molecular flexibility index (Phi) is 5.38. The molecule has 20 heavy (non-hydrogen) atoms. The molecule has 0 amide bonds. The second-order valence-corrected chi connectivity index (χ2v) is 5.41. The summed E-state index contributed by atoms with van der Waals surface area (Å²) in [6.07, 6.45) is 4.27. The lowest BCUT2D eigenvalue weighted by molar-refractivity contribution is -0.0572. The first-order chi connectivity index (χ1) is 9.69.